The number of nitrogens with one attached hydrogen (secondary N) is 1. The van der Waals surface area contributed by atoms with E-state index in [1.54, 1.807) is 0 Å². The SMILES string of the molecule is CC1(C)CN(CCC(=O)Nc2cccc(CN)c2)CCO1. The highest BCUT2D eigenvalue weighted by atomic mass is 16.5. The Morgan fingerprint density at radius 1 is 1.48 bits per heavy atom. The van der Waals surface area contributed by atoms with Crippen molar-refractivity contribution in [1.82, 2.24) is 4.90 Å². The summed E-state index contributed by atoms with van der Waals surface area (Å²) in [7, 11) is 0. The van der Waals surface area contributed by atoms with E-state index in [1.165, 1.54) is 0 Å². The van der Waals surface area contributed by atoms with Crippen LogP contribution in [0.1, 0.15) is 25.8 Å². The summed E-state index contributed by atoms with van der Waals surface area (Å²) in [6.07, 6.45) is 0.489. The zero-order valence-corrected chi connectivity index (χ0v) is 12.9. The average Bonchev–Trinajstić information content (AvgIpc) is 2.44. The Bertz CT molecular complexity index is 488. The molecule has 0 radical (unpaired) electrons. The number of carbonyl (C=O) groups is 1. The number of rotatable bonds is 5. The molecule has 0 saturated carbocycles. The minimum Gasteiger partial charge on any atom is -0.373 e. The summed E-state index contributed by atoms with van der Waals surface area (Å²) in [6.45, 7) is 7.88. The van der Waals surface area contributed by atoms with E-state index in [9.17, 15) is 4.79 Å². The van der Waals surface area contributed by atoms with Crippen molar-refractivity contribution >= 4 is 11.6 Å². The molecule has 21 heavy (non-hydrogen) atoms. The van der Waals surface area contributed by atoms with Crippen LogP contribution in [0.2, 0.25) is 0 Å². The van der Waals surface area contributed by atoms with Crippen molar-refractivity contribution in [2.24, 2.45) is 5.73 Å². The topological polar surface area (TPSA) is 67.6 Å². The van der Waals surface area contributed by atoms with Gasteiger partial charge in [-0.2, -0.15) is 0 Å². The molecule has 3 N–H and O–H groups in total. The molecule has 0 bridgehead atoms. The van der Waals surface area contributed by atoms with Crippen LogP contribution in [0.4, 0.5) is 5.69 Å². The molecule has 1 saturated heterocycles. The number of anilines is 1. The van der Waals surface area contributed by atoms with Gasteiger partial charge in [0.1, 0.15) is 0 Å². The summed E-state index contributed by atoms with van der Waals surface area (Å²) >= 11 is 0. The number of carbonyl (C=O) groups excluding carboxylic acids is 1. The summed E-state index contributed by atoms with van der Waals surface area (Å²) in [5, 5.41) is 2.92. The van der Waals surface area contributed by atoms with Gasteiger partial charge in [-0.1, -0.05) is 12.1 Å². The second-order valence-corrected chi connectivity index (χ2v) is 6.09. The van der Waals surface area contributed by atoms with Crippen molar-refractivity contribution in [2.75, 3.05) is 31.6 Å². The van der Waals surface area contributed by atoms with Crippen molar-refractivity contribution in [3.05, 3.63) is 29.8 Å². The van der Waals surface area contributed by atoms with Crippen molar-refractivity contribution in [1.29, 1.82) is 0 Å². The predicted octanol–water partition coefficient (Wildman–Crippen LogP) is 1.58. The number of morpholine rings is 1. The summed E-state index contributed by atoms with van der Waals surface area (Å²) < 4.78 is 5.67. The van der Waals surface area contributed by atoms with E-state index in [4.69, 9.17) is 10.5 Å². The maximum atomic E-state index is 12.0. The Labute approximate surface area is 126 Å². The lowest BCUT2D eigenvalue weighted by Crippen LogP contribution is -2.48. The maximum Gasteiger partial charge on any atom is 0.225 e. The normalized spacial score (nSPS) is 18.4. The van der Waals surface area contributed by atoms with Gasteiger partial charge in [0.15, 0.2) is 0 Å². The molecule has 0 spiro atoms. The predicted molar refractivity (Wildman–Crippen MR) is 84.1 cm³/mol. The first-order valence-electron chi connectivity index (χ1n) is 7.44. The lowest BCUT2D eigenvalue weighted by Gasteiger charge is -2.38. The Balaban J connectivity index is 1.79. The Kier molecular flexibility index (Phi) is 5.33. The molecule has 2 rings (SSSR count). The van der Waals surface area contributed by atoms with Crippen molar-refractivity contribution in [3.8, 4) is 0 Å². The van der Waals surface area contributed by atoms with Gasteiger partial charge in [0.2, 0.25) is 5.91 Å². The molecule has 1 fully saturated rings. The molecule has 1 heterocycles. The zero-order chi connectivity index (χ0) is 15.3. The molecule has 0 atom stereocenters. The third kappa shape index (κ3) is 5.12. The monoisotopic (exact) mass is 291 g/mol. The van der Waals surface area contributed by atoms with E-state index in [0.717, 1.165) is 37.5 Å². The number of benzene rings is 1. The molecule has 1 aromatic rings. The third-order valence-electron chi connectivity index (χ3n) is 3.61. The number of hydrogen-bond donors (Lipinski definition) is 2. The third-order valence-corrected chi connectivity index (χ3v) is 3.61. The van der Waals surface area contributed by atoms with Crippen LogP contribution in [0, 0.1) is 0 Å². The van der Waals surface area contributed by atoms with Crippen LogP contribution in [-0.4, -0.2) is 42.6 Å². The minimum absolute atomic E-state index is 0.0356. The van der Waals surface area contributed by atoms with Crippen molar-refractivity contribution < 1.29 is 9.53 Å². The second kappa shape index (κ2) is 7.02. The van der Waals surface area contributed by atoms with Gasteiger partial charge in [0.05, 0.1) is 12.2 Å². The standard InChI is InChI=1S/C16H25N3O2/c1-16(2)12-19(8-9-21-16)7-6-15(20)18-14-5-3-4-13(10-14)11-17/h3-5,10H,6-9,11-12,17H2,1-2H3,(H,18,20). The van der Waals surface area contributed by atoms with Crippen LogP contribution in [-0.2, 0) is 16.1 Å². The van der Waals surface area contributed by atoms with Crippen LogP contribution >= 0.6 is 0 Å². The van der Waals surface area contributed by atoms with Gasteiger partial charge in [-0.25, -0.2) is 0 Å². The highest BCUT2D eigenvalue weighted by Crippen LogP contribution is 2.16. The van der Waals surface area contributed by atoms with Crippen molar-refractivity contribution in [3.63, 3.8) is 0 Å². The Morgan fingerprint density at radius 2 is 2.29 bits per heavy atom. The molecule has 0 aromatic heterocycles. The number of amides is 1. The molecule has 0 aliphatic carbocycles. The molecule has 1 aliphatic heterocycles. The van der Waals surface area contributed by atoms with Crippen LogP contribution in [0.5, 0.6) is 0 Å². The van der Waals surface area contributed by atoms with E-state index in [-0.39, 0.29) is 11.5 Å². The zero-order valence-electron chi connectivity index (χ0n) is 12.9. The highest BCUT2D eigenvalue weighted by molar-refractivity contribution is 5.90. The van der Waals surface area contributed by atoms with Crippen LogP contribution in [0.15, 0.2) is 24.3 Å². The van der Waals surface area contributed by atoms with Crippen LogP contribution in [0.25, 0.3) is 0 Å². The number of ether oxygens (including phenoxy) is 1. The van der Waals surface area contributed by atoms with Gasteiger partial charge in [-0.15, -0.1) is 0 Å². The van der Waals surface area contributed by atoms with Gasteiger partial charge < -0.3 is 15.8 Å². The van der Waals surface area contributed by atoms with E-state index in [1.807, 2.05) is 24.3 Å². The first-order valence-corrected chi connectivity index (χ1v) is 7.44. The Morgan fingerprint density at radius 3 is 3.00 bits per heavy atom. The maximum absolute atomic E-state index is 12.0. The first kappa shape index (κ1) is 15.9. The van der Waals surface area contributed by atoms with Crippen LogP contribution < -0.4 is 11.1 Å². The fraction of sp³-hybridized carbons (Fsp3) is 0.562. The molecule has 1 aromatic carbocycles. The largest absolute Gasteiger partial charge is 0.373 e. The molecule has 5 heteroatoms. The number of hydrogen-bond acceptors (Lipinski definition) is 4. The Hall–Kier alpha value is -1.43. The van der Waals surface area contributed by atoms with E-state index in [0.29, 0.717) is 13.0 Å². The summed E-state index contributed by atoms with van der Waals surface area (Å²) in [6, 6.07) is 7.65. The van der Waals surface area contributed by atoms with E-state index < -0.39 is 0 Å². The van der Waals surface area contributed by atoms with Gasteiger partial charge in [-0.3, -0.25) is 9.69 Å². The number of nitrogens with zero attached hydrogens (tertiary/aromatic N) is 1. The van der Waals surface area contributed by atoms with Crippen molar-refractivity contribution in [2.45, 2.75) is 32.4 Å². The molecule has 1 amide bonds. The van der Waals surface area contributed by atoms with Gasteiger partial charge >= 0.3 is 0 Å². The smallest absolute Gasteiger partial charge is 0.225 e. The summed E-state index contributed by atoms with van der Waals surface area (Å²) in [4.78, 5) is 14.3. The fourth-order valence-corrected chi connectivity index (χ4v) is 2.56. The van der Waals surface area contributed by atoms with Crippen LogP contribution in [0.3, 0.4) is 0 Å². The minimum atomic E-state index is -0.121. The quantitative estimate of drug-likeness (QED) is 0.864. The fourth-order valence-electron chi connectivity index (χ4n) is 2.56. The van der Waals surface area contributed by atoms with Gasteiger partial charge in [-0.05, 0) is 31.5 Å². The van der Waals surface area contributed by atoms with E-state index >= 15 is 0 Å². The molecule has 5 nitrogen and oxygen atoms in total. The van der Waals surface area contributed by atoms with Gasteiger partial charge in [0.25, 0.3) is 0 Å². The lowest BCUT2D eigenvalue weighted by molar-refractivity contribution is -0.118. The molecule has 1 aliphatic rings. The van der Waals surface area contributed by atoms with Gasteiger partial charge in [0, 0.05) is 38.3 Å². The molecule has 116 valence electrons. The molecular weight excluding hydrogens is 266 g/mol. The molecule has 0 unspecified atom stereocenters. The highest BCUT2D eigenvalue weighted by Gasteiger charge is 2.27. The lowest BCUT2D eigenvalue weighted by atomic mass is 10.1. The van der Waals surface area contributed by atoms with E-state index in [2.05, 4.69) is 24.1 Å². The average molecular weight is 291 g/mol. The first-order chi connectivity index (χ1) is 9.98. The summed E-state index contributed by atoms with van der Waals surface area (Å²) in [5.74, 6) is 0.0356. The number of nitrogens with two attached hydrogens (primary N) is 1. The second-order valence-electron chi connectivity index (χ2n) is 6.09. The molecular formula is C16H25N3O2. The summed E-state index contributed by atoms with van der Waals surface area (Å²) in [5.41, 5.74) is 7.31.